The summed E-state index contributed by atoms with van der Waals surface area (Å²) in [6, 6.07) is 16.6. The van der Waals surface area contributed by atoms with Crippen molar-refractivity contribution in [2.45, 2.75) is 52.1 Å². The number of pyridine rings is 1. The van der Waals surface area contributed by atoms with E-state index in [0.29, 0.717) is 18.2 Å². The molecule has 0 aliphatic carbocycles. The van der Waals surface area contributed by atoms with Crippen molar-refractivity contribution < 1.29 is 9.53 Å². The summed E-state index contributed by atoms with van der Waals surface area (Å²) in [4.78, 5) is 23.5. The predicted octanol–water partition coefficient (Wildman–Crippen LogP) is 5.64. The molecule has 0 unspecified atom stereocenters. The Morgan fingerprint density at radius 3 is 2.50 bits per heavy atom. The minimum Gasteiger partial charge on any atom is -0.381 e. The molecule has 0 saturated carbocycles. The van der Waals surface area contributed by atoms with Gasteiger partial charge in [0.05, 0.1) is 17.6 Å². The number of unbranched alkanes of at least 4 members (excludes halogenated alkanes) is 1. The van der Waals surface area contributed by atoms with Crippen LogP contribution in [-0.4, -0.2) is 50.3 Å². The number of benzene rings is 1. The molecule has 5 aromatic rings. The maximum Gasteiger partial charge on any atom is 0.269 e. The SMILES string of the molecule is CCCC.CN(Cc1ccccc1)c1cc(-c2cn(C3CCOCC3)c3ncccc23)nn2c(C(N)=O)cnc12. The molecule has 0 bridgehead atoms. The Morgan fingerprint density at radius 2 is 1.80 bits per heavy atom. The molecule has 2 N–H and O–H groups in total. The fraction of sp³-hybridized carbons (Fsp3) is 0.355. The van der Waals surface area contributed by atoms with Crippen molar-refractivity contribution in [3.8, 4) is 11.3 Å². The number of nitrogens with two attached hydrogens (primary N) is 1. The van der Waals surface area contributed by atoms with Crippen molar-refractivity contribution in [1.29, 1.82) is 0 Å². The summed E-state index contributed by atoms with van der Waals surface area (Å²) in [6.07, 6.45) is 9.94. The second-order valence-electron chi connectivity index (χ2n) is 10.2. The molecule has 1 aromatic carbocycles. The molecule has 1 aliphatic heterocycles. The van der Waals surface area contributed by atoms with Gasteiger partial charge in [-0.3, -0.25) is 4.79 Å². The quantitative estimate of drug-likeness (QED) is 0.287. The van der Waals surface area contributed by atoms with E-state index in [-0.39, 0.29) is 5.69 Å². The molecule has 6 rings (SSSR count). The van der Waals surface area contributed by atoms with Crippen LogP contribution in [0.4, 0.5) is 5.69 Å². The lowest BCUT2D eigenvalue weighted by molar-refractivity contribution is 0.0706. The van der Waals surface area contributed by atoms with E-state index in [4.69, 9.17) is 20.6 Å². The average Bonchev–Trinajstić information content (AvgIpc) is 3.60. The van der Waals surface area contributed by atoms with Crippen LogP contribution in [0.15, 0.2) is 67.1 Å². The first-order chi connectivity index (χ1) is 19.5. The fourth-order valence-electron chi connectivity index (χ4n) is 5.00. The fourth-order valence-corrected chi connectivity index (χ4v) is 5.00. The Bertz CT molecular complexity index is 1580. The number of ether oxygens (including phenoxy) is 1. The van der Waals surface area contributed by atoms with Gasteiger partial charge < -0.3 is 19.9 Å². The third kappa shape index (κ3) is 5.56. The minimum absolute atomic E-state index is 0.243. The highest BCUT2D eigenvalue weighted by Crippen LogP contribution is 2.35. The highest BCUT2D eigenvalue weighted by atomic mass is 16.5. The number of aromatic nitrogens is 5. The van der Waals surface area contributed by atoms with Gasteiger partial charge in [0.1, 0.15) is 11.3 Å². The number of carbonyl (C=O) groups is 1. The zero-order valence-corrected chi connectivity index (χ0v) is 23.5. The van der Waals surface area contributed by atoms with Crippen LogP contribution in [0.5, 0.6) is 0 Å². The lowest BCUT2D eigenvalue weighted by Crippen LogP contribution is -2.20. The minimum atomic E-state index is -0.574. The summed E-state index contributed by atoms with van der Waals surface area (Å²) in [5, 5.41) is 5.85. The zero-order valence-electron chi connectivity index (χ0n) is 23.5. The van der Waals surface area contributed by atoms with E-state index in [0.717, 1.165) is 54.0 Å². The highest BCUT2D eigenvalue weighted by molar-refractivity contribution is 5.95. The number of primary amides is 1. The molecular weight excluding hydrogens is 502 g/mol. The molecule has 0 radical (unpaired) electrons. The number of carbonyl (C=O) groups excluding carboxylic acids is 1. The molecule has 1 saturated heterocycles. The summed E-state index contributed by atoms with van der Waals surface area (Å²) in [5.74, 6) is -0.574. The highest BCUT2D eigenvalue weighted by Gasteiger charge is 2.23. The number of nitrogens with zero attached hydrogens (tertiary/aromatic N) is 6. The maximum atomic E-state index is 12.2. The van der Waals surface area contributed by atoms with Crippen molar-refractivity contribution in [1.82, 2.24) is 24.1 Å². The first kappa shape index (κ1) is 27.3. The van der Waals surface area contributed by atoms with Crippen molar-refractivity contribution in [2.24, 2.45) is 5.73 Å². The second-order valence-corrected chi connectivity index (χ2v) is 10.2. The molecule has 0 spiro atoms. The molecule has 9 nitrogen and oxygen atoms in total. The summed E-state index contributed by atoms with van der Waals surface area (Å²) in [5.41, 5.74) is 11.1. The van der Waals surface area contributed by atoms with Gasteiger partial charge in [-0.25, -0.2) is 14.5 Å². The molecule has 1 aliphatic rings. The molecule has 208 valence electrons. The van der Waals surface area contributed by atoms with Crippen LogP contribution in [0.1, 0.15) is 61.6 Å². The zero-order chi connectivity index (χ0) is 28.1. The smallest absolute Gasteiger partial charge is 0.269 e. The van der Waals surface area contributed by atoms with Crippen LogP contribution in [0.2, 0.25) is 0 Å². The summed E-state index contributed by atoms with van der Waals surface area (Å²) in [6.45, 7) is 6.51. The van der Waals surface area contributed by atoms with Gasteiger partial charge in [0.25, 0.3) is 5.91 Å². The van der Waals surface area contributed by atoms with Crippen LogP contribution in [0.3, 0.4) is 0 Å². The monoisotopic (exact) mass is 539 g/mol. The predicted molar refractivity (Wildman–Crippen MR) is 158 cm³/mol. The second kappa shape index (κ2) is 12.3. The number of rotatable bonds is 7. The van der Waals surface area contributed by atoms with E-state index in [2.05, 4.69) is 52.7 Å². The van der Waals surface area contributed by atoms with E-state index in [1.807, 2.05) is 43.6 Å². The number of hydrogen-bond acceptors (Lipinski definition) is 6. The van der Waals surface area contributed by atoms with Crippen LogP contribution < -0.4 is 10.6 Å². The number of imidazole rings is 1. The van der Waals surface area contributed by atoms with Gasteiger partial charge in [0.15, 0.2) is 5.65 Å². The Labute approximate surface area is 234 Å². The van der Waals surface area contributed by atoms with Gasteiger partial charge >= 0.3 is 0 Å². The molecular formula is C31H37N7O2. The lowest BCUT2D eigenvalue weighted by atomic mass is 10.1. The molecule has 1 fully saturated rings. The molecule has 4 aromatic heterocycles. The van der Waals surface area contributed by atoms with Crippen molar-refractivity contribution >= 4 is 28.3 Å². The van der Waals surface area contributed by atoms with Gasteiger partial charge in [-0.05, 0) is 36.6 Å². The third-order valence-corrected chi connectivity index (χ3v) is 7.32. The number of hydrogen-bond donors (Lipinski definition) is 1. The number of anilines is 1. The number of fused-ring (bicyclic) bond motifs is 2. The molecule has 9 heteroatoms. The molecule has 5 heterocycles. The maximum absolute atomic E-state index is 12.2. The van der Waals surface area contributed by atoms with Gasteiger partial charge in [0, 0.05) is 56.2 Å². The van der Waals surface area contributed by atoms with Gasteiger partial charge in [-0.2, -0.15) is 5.10 Å². The van der Waals surface area contributed by atoms with Gasteiger partial charge in [-0.1, -0.05) is 57.0 Å². The first-order valence-electron chi connectivity index (χ1n) is 14.0. The van der Waals surface area contributed by atoms with Gasteiger partial charge in [0.2, 0.25) is 0 Å². The third-order valence-electron chi connectivity index (χ3n) is 7.32. The topological polar surface area (TPSA) is 104 Å². The van der Waals surface area contributed by atoms with Crippen LogP contribution in [-0.2, 0) is 11.3 Å². The first-order valence-corrected chi connectivity index (χ1v) is 14.0. The average molecular weight is 540 g/mol. The molecule has 1 amide bonds. The Balaban J connectivity index is 0.000000758. The Hall–Kier alpha value is -4.24. The van der Waals surface area contributed by atoms with Crippen LogP contribution in [0.25, 0.3) is 27.9 Å². The number of amides is 1. The largest absolute Gasteiger partial charge is 0.381 e. The Morgan fingerprint density at radius 1 is 1.05 bits per heavy atom. The normalized spacial score (nSPS) is 13.8. The van der Waals surface area contributed by atoms with E-state index < -0.39 is 5.91 Å². The Kier molecular flexibility index (Phi) is 8.40. The van der Waals surface area contributed by atoms with Crippen LogP contribution in [0, 0.1) is 0 Å². The standard InChI is InChI=1S/C27H27N7O2.C4H10/c1-32(16-18-6-3-2-4-7-18)23-14-22(31-34-24(25(28)35)15-30-27(23)34)21-17-33(19-9-12-36-13-10-19)26-20(21)8-5-11-29-26;1-3-4-2/h2-8,11,14-15,17,19H,9-10,12-13,16H2,1H3,(H2,28,35);3-4H2,1-2H3. The van der Waals surface area contributed by atoms with E-state index in [9.17, 15) is 4.79 Å². The summed E-state index contributed by atoms with van der Waals surface area (Å²) in [7, 11) is 2.01. The van der Waals surface area contributed by atoms with E-state index in [1.165, 1.54) is 24.6 Å². The van der Waals surface area contributed by atoms with E-state index in [1.54, 1.807) is 4.52 Å². The van der Waals surface area contributed by atoms with Crippen LogP contribution >= 0.6 is 0 Å². The van der Waals surface area contributed by atoms with E-state index >= 15 is 0 Å². The van der Waals surface area contributed by atoms with Gasteiger partial charge in [-0.15, -0.1) is 0 Å². The van der Waals surface area contributed by atoms with Crippen molar-refractivity contribution in [3.05, 3.63) is 78.4 Å². The summed E-state index contributed by atoms with van der Waals surface area (Å²) < 4.78 is 9.39. The van der Waals surface area contributed by atoms with Crippen molar-refractivity contribution in [2.75, 3.05) is 25.2 Å². The molecule has 0 atom stereocenters. The summed E-state index contributed by atoms with van der Waals surface area (Å²) >= 11 is 0. The molecule has 40 heavy (non-hydrogen) atoms. The van der Waals surface area contributed by atoms with Crippen molar-refractivity contribution in [3.63, 3.8) is 0 Å². The lowest BCUT2D eigenvalue weighted by Gasteiger charge is -2.24.